The summed E-state index contributed by atoms with van der Waals surface area (Å²) in [6.45, 7) is 1.93. The zero-order chi connectivity index (χ0) is 8.10. The Hall–Kier alpha value is -1.56. The Bertz CT molecular complexity index is 250. The van der Waals surface area contributed by atoms with Crippen LogP contribution in [0.3, 0.4) is 0 Å². The number of nitrogens with one attached hydrogen (secondary N) is 1. The van der Waals surface area contributed by atoms with Crippen LogP contribution in [0.15, 0.2) is 24.5 Å². The Morgan fingerprint density at radius 3 is 2.73 bits per heavy atom. The highest BCUT2D eigenvalue weighted by Gasteiger charge is 2.00. The molecule has 1 atom stereocenters. The van der Waals surface area contributed by atoms with Gasteiger partial charge in [0.05, 0.1) is 6.04 Å². The van der Waals surface area contributed by atoms with E-state index in [1.165, 1.54) is 0 Å². The van der Waals surface area contributed by atoms with Crippen molar-refractivity contribution in [1.82, 2.24) is 10.3 Å². The van der Waals surface area contributed by atoms with E-state index < -0.39 is 0 Å². The van der Waals surface area contributed by atoms with Gasteiger partial charge >= 0.3 is 0 Å². The second kappa shape index (κ2) is 3.57. The van der Waals surface area contributed by atoms with E-state index in [-0.39, 0.29) is 6.04 Å². The summed E-state index contributed by atoms with van der Waals surface area (Å²) >= 11 is 0. The predicted molar refractivity (Wildman–Crippen MR) is 41.4 cm³/mol. The molecule has 3 nitrogen and oxygen atoms in total. The van der Waals surface area contributed by atoms with Crippen molar-refractivity contribution < 1.29 is 0 Å². The second-order valence-corrected chi connectivity index (χ2v) is 2.26. The summed E-state index contributed by atoms with van der Waals surface area (Å²) < 4.78 is 0. The summed E-state index contributed by atoms with van der Waals surface area (Å²) in [6, 6.07) is 3.84. The molecule has 1 aromatic rings. The van der Waals surface area contributed by atoms with Gasteiger partial charge in [-0.3, -0.25) is 4.98 Å². The van der Waals surface area contributed by atoms with Crippen LogP contribution in [0.4, 0.5) is 0 Å². The molecule has 0 aliphatic carbocycles. The molecule has 56 valence electrons. The lowest BCUT2D eigenvalue weighted by atomic mass is 10.1. The molecule has 1 N–H and O–H groups in total. The molecule has 1 rings (SSSR count). The summed E-state index contributed by atoms with van der Waals surface area (Å²) in [5, 5.41) is 11.0. The van der Waals surface area contributed by atoms with Crippen LogP contribution in [0.2, 0.25) is 0 Å². The molecule has 1 aromatic heterocycles. The number of nitrogens with zero attached hydrogens (tertiary/aromatic N) is 2. The Morgan fingerprint density at radius 1 is 1.55 bits per heavy atom. The molecular formula is C8H9N3. The van der Waals surface area contributed by atoms with Crippen molar-refractivity contribution in [1.29, 1.82) is 5.26 Å². The van der Waals surface area contributed by atoms with Gasteiger partial charge in [0, 0.05) is 12.4 Å². The molecule has 11 heavy (non-hydrogen) atoms. The second-order valence-electron chi connectivity index (χ2n) is 2.26. The molecule has 3 heteroatoms. The van der Waals surface area contributed by atoms with Gasteiger partial charge in [0.2, 0.25) is 0 Å². The third-order valence-electron chi connectivity index (χ3n) is 1.49. The fourth-order valence-electron chi connectivity index (χ4n) is 0.832. The molecule has 0 radical (unpaired) electrons. The molecule has 0 unspecified atom stereocenters. The number of nitriles is 1. The fraction of sp³-hybridized carbons (Fsp3) is 0.250. The first-order chi connectivity index (χ1) is 5.34. The Kier molecular flexibility index (Phi) is 2.45. The van der Waals surface area contributed by atoms with Crippen molar-refractivity contribution in [2.24, 2.45) is 0 Å². The highest BCUT2D eigenvalue weighted by Crippen LogP contribution is 2.08. The molecule has 0 spiro atoms. The Labute approximate surface area is 65.7 Å². The first kappa shape index (κ1) is 7.55. The third kappa shape index (κ3) is 1.94. The summed E-state index contributed by atoms with van der Waals surface area (Å²) in [6.07, 6.45) is 5.32. The minimum absolute atomic E-state index is 0.0722. The number of hydrogen-bond donors (Lipinski definition) is 1. The summed E-state index contributed by atoms with van der Waals surface area (Å²) in [5.41, 5.74) is 1.07. The summed E-state index contributed by atoms with van der Waals surface area (Å²) in [5.74, 6) is 0. The van der Waals surface area contributed by atoms with Gasteiger partial charge < -0.3 is 5.32 Å². The van der Waals surface area contributed by atoms with Gasteiger partial charge in [0.25, 0.3) is 0 Å². The molecule has 0 fully saturated rings. The highest BCUT2D eigenvalue weighted by atomic mass is 14.9. The van der Waals surface area contributed by atoms with Crippen molar-refractivity contribution in [2.75, 3.05) is 0 Å². The number of rotatable bonds is 2. The topological polar surface area (TPSA) is 48.7 Å². The molecule has 0 bridgehead atoms. The molecular weight excluding hydrogens is 138 g/mol. The number of aromatic nitrogens is 1. The van der Waals surface area contributed by atoms with E-state index in [0.29, 0.717) is 0 Å². The van der Waals surface area contributed by atoms with Crippen molar-refractivity contribution in [3.05, 3.63) is 30.1 Å². The van der Waals surface area contributed by atoms with Crippen LogP contribution >= 0.6 is 0 Å². The third-order valence-corrected chi connectivity index (χ3v) is 1.49. The lowest BCUT2D eigenvalue weighted by Gasteiger charge is -2.07. The quantitative estimate of drug-likeness (QED) is 0.505. The van der Waals surface area contributed by atoms with E-state index in [9.17, 15) is 0 Å². The zero-order valence-corrected chi connectivity index (χ0v) is 6.28. The smallest absolute Gasteiger partial charge is 0.177 e. The lowest BCUT2D eigenvalue weighted by Crippen LogP contribution is -2.11. The fourth-order valence-corrected chi connectivity index (χ4v) is 0.832. The van der Waals surface area contributed by atoms with Crippen molar-refractivity contribution in [3.63, 3.8) is 0 Å². The molecule has 1 heterocycles. The van der Waals surface area contributed by atoms with Crippen molar-refractivity contribution in [2.45, 2.75) is 13.0 Å². The monoisotopic (exact) mass is 147 g/mol. The Balaban J connectivity index is 2.70. The summed E-state index contributed by atoms with van der Waals surface area (Å²) in [7, 11) is 0. The van der Waals surface area contributed by atoms with Crippen LogP contribution in [0.5, 0.6) is 0 Å². The van der Waals surface area contributed by atoms with Gasteiger partial charge in [-0.1, -0.05) is 0 Å². The standard InChI is InChI=1S/C8H9N3/c1-7(11-6-9)8-2-4-10-5-3-8/h2-5,7,11H,1H3/t7-/m0/s1. The van der Waals surface area contributed by atoms with Gasteiger partial charge in [0.1, 0.15) is 0 Å². The van der Waals surface area contributed by atoms with E-state index in [0.717, 1.165) is 5.56 Å². The minimum atomic E-state index is 0.0722. The van der Waals surface area contributed by atoms with Crippen molar-refractivity contribution in [3.8, 4) is 6.19 Å². The van der Waals surface area contributed by atoms with E-state index in [4.69, 9.17) is 5.26 Å². The van der Waals surface area contributed by atoms with E-state index >= 15 is 0 Å². The van der Waals surface area contributed by atoms with Crippen LogP contribution in [-0.2, 0) is 0 Å². The highest BCUT2D eigenvalue weighted by molar-refractivity contribution is 5.14. The van der Waals surface area contributed by atoms with Gasteiger partial charge in [-0.25, -0.2) is 0 Å². The van der Waals surface area contributed by atoms with Gasteiger partial charge in [-0.15, -0.1) is 0 Å². The maximum atomic E-state index is 8.32. The maximum absolute atomic E-state index is 8.32. The predicted octanol–water partition coefficient (Wildman–Crippen LogP) is 1.21. The number of pyridine rings is 1. The van der Waals surface area contributed by atoms with Gasteiger partial charge in [-0.2, -0.15) is 5.26 Å². The average Bonchev–Trinajstić information content (AvgIpc) is 2.07. The van der Waals surface area contributed by atoms with E-state index in [1.807, 2.05) is 25.2 Å². The minimum Gasteiger partial charge on any atom is -0.317 e. The number of hydrogen-bond acceptors (Lipinski definition) is 3. The molecule has 0 saturated carbocycles. The largest absolute Gasteiger partial charge is 0.317 e. The Morgan fingerprint density at radius 2 is 2.18 bits per heavy atom. The van der Waals surface area contributed by atoms with Crippen LogP contribution in [-0.4, -0.2) is 4.98 Å². The zero-order valence-electron chi connectivity index (χ0n) is 6.28. The van der Waals surface area contributed by atoms with Crippen LogP contribution in [0.25, 0.3) is 0 Å². The van der Waals surface area contributed by atoms with Crippen LogP contribution < -0.4 is 5.32 Å². The van der Waals surface area contributed by atoms with Crippen molar-refractivity contribution >= 4 is 0 Å². The molecule has 0 saturated heterocycles. The lowest BCUT2D eigenvalue weighted by molar-refractivity contribution is 0.696. The van der Waals surface area contributed by atoms with Gasteiger partial charge in [0.15, 0.2) is 6.19 Å². The first-order valence-electron chi connectivity index (χ1n) is 3.39. The normalized spacial score (nSPS) is 11.6. The molecule has 0 aliphatic rings. The SMILES string of the molecule is C[C@H](NC#N)c1ccncc1. The summed E-state index contributed by atoms with van der Waals surface area (Å²) in [4.78, 5) is 3.88. The maximum Gasteiger partial charge on any atom is 0.177 e. The van der Waals surface area contributed by atoms with Crippen LogP contribution in [0, 0.1) is 11.5 Å². The molecule has 0 amide bonds. The average molecular weight is 147 g/mol. The molecule has 0 aromatic carbocycles. The van der Waals surface area contributed by atoms with Crippen LogP contribution in [0.1, 0.15) is 18.5 Å². The van der Waals surface area contributed by atoms with Gasteiger partial charge in [-0.05, 0) is 24.6 Å². The van der Waals surface area contributed by atoms with E-state index in [1.54, 1.807) is 12.4 Å². The van der Waals surface area contributed by atoms with E-state index in [2.05, 4.69) is 10.3 Å². The first-order valence-corrected chi connectivity index (χ1v) is 3.39. The molecule has 0 aliphatic heterocycles.